The van der Waals surface area contributed by atoms with Crippen molar-refractivity contribution in [3.05, 3.63) is 11.8 Å². The number of piperazine rings is 1. The minimum absolute atomic E-state index is 0.740. The molecule has 4 aliphatic heterocycles. The van der Waals surface area contributed by atoms with Crippen molar-refractivity contribution in [2.75, 3.05) is 26.3 Å². The average Bonchev–Trinajstić information content (AvgIpc) is 2.32. The van der Waals surface area contributed by atoms with Crippen molar-refractivity contribution < 1.29 is 4.74 Å². The second kappa shape index (κ2) is 3.55. The summed E-state index contributed by atoms with van der Waals surface area (Å²) in [5.74, 6) is 0. The average molecular weight is 194 g/mol. The minimum atomic E-state index is 0.740. The first-order valence-electron chi connectivity index (χ1n) is 5.70. The van der Waals surface area contributed by atoms with Crippen molar-refractivity contribution in [3.8, 4) is 0 Å². The van der Waals surface area contributed by atoms with Crippen LogP contribution < -0.4 is 5.32 Å². The molecule has 2 bridgehead atoms. The standard InChI is InChI=1S/C11H18N2O/c1-2-11-7-12-9(1)8-13(11)10-3-5-14-6-4-10/h3,9,11-12H,1-2,4-8H2. The van der Waals surface area contributed by atoms with Crippen LogP contribution in [0.5, 0.6) is 0 Å². The third-order valence-electron chi connectivity index (χ3n) is 3.66. The fourth-order valence-electron chi connectivity index (χ4n) is 2.84. The number of hydrogen-bond acceptors (Lipinski definition) is 3. The lowest BCUT2D eigenvalue weighted by atomic mass is 9.92. The third kappa shape index (κ3) is 1.44. The van der Waals surface area contributed by atoms with Gasteiger partial charge in [-0.15, -0.1) is 0 Å². The second-order valence-corrected chi connectivity index (χ2v) is 4.51. The maximum atomic E-state index is 5.35. The van der Waals surface area contributed by atoms with E-state index in [1.165, 1.54) is 31.6 Å². The molecule has 1 N–H and O–H groups in total. The summed E-state index contributed by atoms with van der Waals surface area (Å²) in [6, 6.07) is 1.49. The van der Waals surface area contributed by atoms with Gasteiger partial charge in [0.1, 0.15) is 0 Å². The molecular formula is C11H18N2O. The molecule has 3 saturated heterocycles. The van der Waals surface area contributed by atoms with Gasteiger partial charge in [0.2, 0.25) is 0 Å². The normalized spacial score (nSPS) is 37.1. The molecule has 14 heavy (non-hydrogen) atoms. The Morgan fingerprint density at radius 1 is 1.43 bits per heavy atom. The molecule has 0 aromatic heterocycles. The number of nitrogens with one attached hydrogen (secondary N) is 1. The Bertz CT molecular complexity index is 244. The van der Waals surface area contributed by atoms with E-state index in [2.05, 4.69) is 16.3 Å². The van der Waals surface area contributed by atoms with Gasteiger partial charge in [0.15, 0.2) is 0 Å². The van der Waals surface area contributed by atoms with Crippen molar-refractivity contribution >= 4 is 0 Å². The van der Waals surface area contributed by atoms with Crippen molar-refractivity contribution in [1.29, 1.82) is 0 Å². The molecule has 4 heterocycles. The molecule has 3 heteroatoms. The first-order valence-corrected chi connectivity index (χ1v) is 5.70. The zero-order valence-electron chi connectivity index (χ0n) is 8.54. The Balaban J connectivity index is 1.75. The molecule has 0 aromatic carbocycles. The first-order chi connectivity index (χ1) is 6.93. The summed E-state index contributed by atoms with van der Waals surface area (Å²) < 4.78 is 5.35. The highest BCUT2D eigenvalue weighted by Gasteiger charge is 2.34. The first kappa shape index (κ1) is 8.74. The summed E-state index contributed by atoms with van der Waals surface area (Å²) in [6.07, 6.45) is 6.12. The van der Waals surface area contributed by atoms with Crippen LogP contribution in [0, 0.1) is 0 Å². The molecule has 0 radical (unpaired) electrons. The van der Waals surface area contributed by atoms with Gasteiger partial charge in [-0.05, 0) is 18.9 Å². The van der Waals surface area contributed by atoms with Crippen LogP contribution in [0.25, 0.3) is 0 Å². The Hall–Kier alpha value is -0.540. The van der Waals surface area contributed by atoms with E-state index in [1.54, 1.807) is 0 Å². The maximum absolute atomic E-state index is 5.35. The molecule has 78 valence electrons. The topological polar surface area (TPSA) is 24.5 Å². The molecule has 0 aromatic rings. The lowest BCUT2D eigenvalue weighted by Crippen LogP contribution is -2.60. The van der Waals surface area contributed by atoms with E-state index in [0.29, 0.717) is 0 Å². The summed E-state index contributed by atoms with van der Waals surface area (Å²) in [6.45, 7) is 4.13. The van der Waals surface area contributed by atoms with Crippen LogP contribution in [-0.2, 0) is 4.74 Å². The number of piperidine rings is 2. The van der Waals surface area contributed by atoms with Gasteiger partial charge in [-0.1, -0.05) is 0 Å². The minimum Gasteiger partial charge on any atom is -0.377 e. The smallest absolute Gasteiger partial charge is 0.0667 e. The van der Waals surface area contributed by atoms with Crippen LogP contribution >= 0.6 is 0 Å². The fourth-order valence-corrected chi connectivity index (χ4v) is 2.84. The molecule has 0 spiro atoms. The van der Waals surface area contributed by atoms with Crippen molar-refractivity contribution in [2.45, 2.75) is 31.3 Å². The molecule has 0 aliphatic carbocycles. The number of nitrogens with zero attached hydrogens (tertiary/aromatic N) is 1. The molecule has 2 unspecified atom stereocenters. The predicted molar refractivity (Wildman–Crippen MR) is 55.0 cm³/mol. The van der Waals surface area contributed by atoms with Crippen LogP contribution in [0.2, 0.25) is 0 Å². The van der Waals surface area contributed by atoms with E-state index in [9.17, 15) is 0 Å². The third-order valence-corrected chi connectivity index (χ3v) is 3.66. The largest absolute Gasteiger partial charge is 0.377 e. The number of hydrogen-bond donors (Lipinski definition) is 1. The van der Waals surface area contributed by atoms with Gasteiger partial charge in [0.05, 0.1) is 13.2 Å². The zero-order valence-corrected chi connectivity index (χ0v) is 8.54. The molecular weight excluding hydrogens is 176 g/mol. The highest BCUT2D eigenvalue weighted by molar-refractivity contribution is 5.10. The summed E-state index contributed by atoms with van der Waals surface area (Å²) >= 11 is 0. The molecule has 2 atom stereocenters. The van der Waals surface area contributed by atoms with Crippen molar-refractivity contribution in [1.82, 2.24) is 10.2 Å². The van der Waals surface area contributed by atoms with E-state index in [4.69, 9.17) is 4.74 Å². The quantitative estimate of drug-likeness (QED) is 0.666. The molecule has 4 aliphatic rings. The van der Waals surface area contributed by atoms with Gasteiger partial charge in [0.25, 0.3) is 0 Å². The van der Waals surface area contributed by atoms with E-state index in [0.717, 1.165) is 31.7 Å². The number of rotatable bonds is 1. The number of fused-ring (bicyclic) bond motifs is 3. The Labute approximate surface area is 85.1 Å². The van der Waals surface area contributed by atoms with Crippen LogP contribution in [0.4, 0.5) is 0 Å². The van der Waals surface area contributed by atoms with E-state index >= 15 is 0 Å². The molecule has 3 nitrogen and oxygen atoms in total. The summed E-state index contributed by atoms with van der Waals surface area (Å²) in [4.78, 5) is 2.62. The highest BCUT2D eigenvalue weighted by Crippen LogP contribution is 2.27. The van der Waals surface area contributed by atoms with Crippen LogP contribution in [-0.4, -0.2) is 43.3 Å². The Morgan fingerprint density at radius 2 is 2.43 bits per heavy atom. The van der Waals surface area contributed by atoms with Crippen LogP contribution in [0.3, 0.4) is 0 Å². The van der Waals surface area contributed by atoms with E-state index < -0.39 is 0 Å². The van der Waals surface area contributed by atoms with Gasteiger partial charge < -0.3 is 15.0 Å². The monoisotopic (exact) mass is 194 g/mol. The van der Waals surface area contributed by atoms with Gasteiger partial charge in [0, 0.05) is 37.3 Å². The van der Waals surface area contributed by atoms with E-state index in [-0.39, 0.29) is 0 Å². The summed E-state index contributed by atoms with van der Waals surface area (Å²) in [5.41, 5.74) is 1.53. The van der Waals surface area contributed by atoms with Gasteiger partial charge in [-0.3, -0.25) is 0 Å². The molecule has 0 saturated carbocycles. The summed E-state index contributed by atoms with van der Waals surface area (Å²) in [5, 5.41) is 3.59. The fraction of sp³-hybridized carbons (Fsp3) is 0.818. The highest BCUT2D eigenvalue weighted by atomic mass is 16.5. The van der Waals surface area contributed by atoms with Crippen LogP contribution in [0.1, 0.15) is 19.3 Å². The van der Waals surface area contributed by atoms with Gasteiger partial charge in [-0.25, -0.2) is 0 Å². The zero-order chi connectivity index (χ0) is 9.38. The van der Waals surface area contributed by atoms with Gasteiger partial charge in [-0.2, -0.15) is 0 Å². The SMILES string of the molecule is C1=C(N2CC3CCC2CN3)CCOC1. The Kier molecular flexibility index (Phi) is 2.22. The molecule has 4 rings (SSSR count). The van der Waals surface area contributed by atoms with E-state index in [1.807, 2.05) is 0 Å². The lowest BCUT2D eigenvalue weighted by Gasteiger charge is -2.48. The van der Waals surface area contributed by atoms with Crippen LogP contribution in [0.15, 0.2) is 11.8 Å². The Morgan fingerprint density at radius 3 is 3.00 bits per heavy atom. The second-order valence-electron chi connectivity index (χ2n) is 4.51. The van der Waals surface area contributed by atoms with Crippen molar-refractivity contribution in [3.63, 3.8) is 0 Å². The number of ether oxygens (including phenoxy) is 1. The molecule has 0 amide bonds. The van der Waals surface area contributed by atoms with Crippen molar-refractivity contribution in [2.24, 2.45) is 0 Å². The lowest BCUT2D eigenvalue weighted by molar-refractivity contribution is 0.0814. The maximum Gasteiger partial charge on any atom is 0.0667 e. The molecule has 3 fully saturated rings. The van der Waals surface area contributed by atoms with Gasteiger partial charge >= 0.3 is 0 Å². The summed E-state index contributed by atoms with van der Waals surface area (Å²) in [7, 11) is 0. The predicted octanol–water partition coefficient (Wildman–Crippen LogP) is 0.727.